The Bertz CT molecular complexity index is 967. The van der Waals surface area contributed by atoms with E-state index in [1.807, 2.05) is 35.2 Å². The molecular formula is C21H22BrN3OS. The van der Waals surface area contributed by atoms with Gasteiger partial charge in [-0.05, 0) is 48.9 Å². The number of amides is 1. The van der Waals surface area contributed by atoms with Gasteiger partial charge in [0.05, 0.1) is 16.8 Å². The molecule has 1 aromatic heterocycles. The third-order valence-electron chi connectivity index (χ3n) is 4.85. The largest absolute Gasteiger partial charge is 0.334 e. The topological polar surface area (TPSA) is 38.1 Å². The first-order valence-electron chi connectivity index (χ1n) is 9.12. The maximum absolute atomic E-state index is 13.2. The molecule has 1 saturated carbocycles. The Labute approximate surface area is 172 Å². The molecule has 1 fully saturated rings. The fourth-order valence-corrected chi connectivity index (χ4v) is 4.33. The molecular weight excluding hydrogens is 422 g/mol. The molecule has 0 spiro atoms. The molecule has 0 saturated heterocycles. The SMILES string of the molecule is CSCc1nc2ccccc2n1CC(=O)N(Cc1cccc(Br)c1)C1CC1. The van der Waals surface area contributed by atoms with Crippen molar-refractivity contribution in [3.8, 4) is 0 Å². The molecule has 1 heterocycles. The highest BCUT2D eigenvalue weighted by atomic mass is 79.9. The number of aromatic nitrogens is 2. The Morgan fingerprint density at radius 3 is 2.81 bits per heavy atom. The quantitative estimate of drug-likeness (QED) is 0.523. The smallest absolute Gasteiger partial charge is 0.243 e. The van der Waals surface area contributed by atoms with Gasteiger partial charge in [0.2, 0.25) is 5.91 Å². The van der Waals surface area contributed by atoms with Crippen LogP contribution in [-0.4, -0.2) is 32.7 Å². The van der Waals surface area contributed by atoms with E-state index in [4.69, 9.17) is 4.98 Å². The summed E-state index contributed by atoms with van der Waals surface area (Å²) in [5.74, 6) is 1.94. The first kappa shape index (κ1) is 18.6. The van der Waals surface area contributed by atoms with E-state index in [9.17, 15) is 4.79 Å². The highest BCUT2D eigenvalue weighted by molar-refractivity contribution is 9.10. The van der Waals surface area contributed by atoms with E-state index in [0.29, 0.717) is 19.1 Å². The highest BCUT2D eigenvalue weighted by Crippen LogP contribution is 2.30. The summed E-state index contributed by atoms with van der Waals surface area (Å²) in [7, 11) is 0. The minimum absolute atomic E-state index is 0.169. The van der Waals surface area contributed by atoms with Crippen molar-refractivity contribution in [2.75, 3.05) is 6.26 Å². The molecule has 2 aromatic carbocycles. The summed E-state index contributed by atoms with van der Waals surface area (Å²) in [5.41, 5.74) is 3.15. The summed E-state index contributed by atoms with van der Waals surface area (Å²) in [6.07, 6.45) is 4.26. The molecule has 27 heavy (non-hydrogen) atoms. The summed E-state index contributed by atoms with van der Waals surface area (Å²) in [4.78, 5) is 20.0. The van der Waals surface area contributed by atoms with Crippen molar-refractivity contribution in [2.45, 2.75) is 37.7 Å². The molecule has 1 aliphatic carbocycles. The summed E-state index contributed by atoms with van der Waals surface area (Å²) in [6.45, 7) is 1.01. The Hall–Kier alpha value is -1.79. The number of halogens is 1. The van der Waals surface area contributed by atoms with Crippen molar-refractivity contribution in [3.05, 3.63) is 64.4 Å². The van der Waals surface area contributed by atoms with Crippen LogP contribution in [0.3, 0.4) is 0 Å². The lowest BCUT2D eigenvalue weighted by atomic mass is 10.2. The van der Waals surface area contributed by atoms with Gasteiger partial charge in [-0.1, -0.05) is 40.2 Å². The van der Waals surface area contributed by atoms with Gasteiger partial charge in [0.1, 0.15) is 12.4 Å². The van der Waals surface area contributed by atoms with Crippen LogP contribution in [0.15, 0.2) is 53.0 Å². The summed E-state index contributed by atoms with van der Waals surface area (Å²) >= 11 is 5.26. The fourth-order valence-electron chi connectivity index (χ4n) is 3.41. The molecule has 3 aromatic rings. The van der Waals surface area contributed by atoms with E-state index < -0.39 is 0 Å². The Morgan fingerprint density at radius 1 is 1.26 bits per heavy atom. The second-order valence-corrected chi connectivity index (χ2v) is 8.70. The summed E-state index contributed by atoms with van der Waals surface area (Å²) in [5, 5.41) is 0. The van der Waals surface area contributed by atoms with Crippen molar-refractivity contribution in [2.24, 2.45) is 0 Å². The molecule has 6 heteroatoms. The molecule has 0 bridgehead atoms. The molecule has 0 atom stereocenters. The maximum Gasteiger partial charge on any atom is 0.243 e. The molecule has 0 radical (unpaired) electrons. The predicted molar refractivity (Wildman–Crippen MR) is 115 cm³/mol. The standard InChI is InChI=1S/C21H22BrN3OS/c1-27-14-20-23-18-7-2-3-8-19(18)25(20)13-21(26)24(17-9-10-17)12-15-5-4-6-16(22)11-15/h2-8,11,17H,9-10,12-14H2,1H3. The number of para-hydroxylation sites is 2. The van der Waals surface area contributed by atoms with E-state index in [1.165, 1.54) is 0 Å². The van der Waals surface area contributed by atoms with Crippen molar-refractivity contribution in [1.82, 2.24) is 14.5 Å². The number of hydrogen-bond donors (Lipinski definition) is 0. The molecule has 0 aliphatic heterocycles. The van der Waals surface area contributed by atoms with E-state index in [1.54, 1.807) is 11.8 Å². The third-order valence-corrected chi connectivity index (χ3v) is 5.89. The minimum atomic E-state index is 0.169. The molecule has 0 N–H and O–H groups in total. The van der Waals surface area contributed by atoms with Gasteiger partial charge in [0.15, 0.2) is 0 Å². The fraction of sp³-hybridized carbons (Fsp3) is 0.333. The lowest BCUT2D eigenvalue weighted by molar-refractivity contribution is -0.133. The maximum atomic E-state index is 13.2. The second-order valence-electron chi connectivity index (χ2n) is 6.92. The van der Waals surface area contributed by atoms with Crippen LogP contribution < -0.4 is 0 Å². The number of fused-ring (bicyclic) bond motifs is 1. The van der Waals surface area contributed by atoms with Gasteiger partial charge in [-0.2, -0.15) is 11.8 Å². The minimum Gasteiger partial charge on any atom is -0.334 e. The number of thioether (sulfide) groups is 1. The van der Waals surface area contributed by atoms with Gasteiger partial charge < -0.3 is 9.47 Å². The van der Waals surface area contributed by atoms with Crippen molar-refractivity contribution in [3.63, 3.8) is 0 Å². The number of benzene rings is 2. The molecule has 1 aliphatic rings. The lowest BCUT2D eigenvalue weighted by Crippen LogP contribution is -2.35. The lowest BCUT2D eigenvalue weighted by Gasteiger charge is -2.23. The number of carbonyl (C=O) groups is 1. The van der Waals surface area contributed by atoms with Crippen molar-refractivity contribution >= 4 is 44.6 Å². The van der Waals surface area contributed by atoms with Crippen LogP contribution in [0.25, 0.3) is 11.0 Å². The zero-order valence-electron chi connectivity index (χ0n) is 15.3. The molecule has 140 valence electrons. The van der Waals surface area contributed by atoms with E-state index >= 15 is 0 Å². The Balaban J connectivity index is 1.60. The number of nitrogens with zero attached hydrogens (tertiary/aromatic N) is 3. The average Bonchev–Trinajstić information content (AvgIpc) is 3.44. The average molecular weight is 444 g/mol. The van der Waals surface area contributed by atoms with Crippen LogP contribution in [0.5, 0.6) is 0 Å². The van der Waals surface area contributed by atoms with Gasteiger partial charge in [-0.15, -0.1) is 0 Å². The predicted octanol–water partition coefficient (Wildman–Crippen LogP) is 4.85. The number of hydrogen-bond acceptors (Lipinski definition) is 3. The molecule has 4 rings (SSSR count). The van der Waals surface area contributed by atoms with Gasteiger partial charge >= 0.3 is 0 Å². The third kappa shape index (κ3) is 4.22. The first-order chi connectivity index (χ1) is 13.2. The normalized spacial score (nSPS) is 13.9. The highest BCUT2D eigenvalue weighted by Gasteiger charge is 2.33. The van der Waals surface area contributed by atoms with Gasteiger partial charge in [-0.25, -0.2) is 4.98 Å². The molecule has 0 unspecified atom stereocenters. The number of rotatable bonds is 7. The monoisotopic (exact) mass is 443 g/mol. The Kier molecular flexibility index (Phi) is 5.55. The van der Waals surface area contributed by atoms with Gasteiger partial charge in [-0.3, -0.25) is 4.79 Å². The van der Waals surface area contributed by atoms with Crippen LogP contribution >= 0.6 is 27.7 Å². The molecule has 4 nitrogen and oxygen atoms in total. The summed E-state index contributed by atoms with van der Waals surface area (Å²) < 4.78 is 3.14. The summed E-state index contributed by atoms with van der Waals surface area (Å²) in [6, 6.07) is 16.6. The van der Waals surface area contributed by atoms with E-state index in [0.717, 1.165) is 45.5 Å². The molecule has 1 amide bonds. The van der Waals surface area contributed by atoms with Crippen LogP contribution in [-0.2, 0) is 23.6 Å². The zero-order valence-corrected chi connectivity index (χ0v) is 17.7. The zero-order chi connectivity index (χ0) is 18.8. The van der Waals surface area contributed by atoms with Crippen molar-refractivity contribution < 1.29 is 4.79 Å². The van der Waals surface area contributed by atoms with E-state index in [-0.39, 0.29) is 5.91 Å². The number of imidazole rings is 1. The first-order valence-corrected chi connectivity index (χ1v) is 11.3. The van der Waals surface area contributed by atoms with Crippen LogP contribution in [0.1, 0.15) is 24.2 Å². The van der Waals surface area contributed by atoms with Gasteiger partial charge in [0, 0.05) is 17.1 Å². The van der Waals surface area contributed by atoms with Crippen LogP contribution in [0, 0.1) is 0 Å². The number of carbonyl (C=O) groups excluding carboxylic acids is 1. The van der Waals surface area contributed by atoms with Gasteiger partial charge in [0.25, 0.3) is 0 Å². The van der Waals surface area contributed by atoms with Crippen molar-refractivity contribution in [1.29, 1.82) is 0 Å². The Morgan fingerprint density at radius 2 is 2.07 bits per heavy atom. The van der Waals surface area contributed by atoms with E-state index in [2.05, 4.69) is 45.0 Å². The van der Waals surface area contributed by atoms with Crippen LogP contribution in [0.4, 0.5) is 0 Å². The second kappa shape index (κ2) is 8.07. The van der Waals surface area contributed by atoms with Crippen LogP contribution in [0.2, 0.25) is 0 Å².